The number of hydrogen-bond acceptors (Lipinski definition) is 6. The van der Waals surface area contributed by atoms with E-state index in [9.17, 15) is 9.59 Å². The Labute approximate surface area is 165 Å². The Morgan fingerprint density at radius 2 is 1.75 bits per heavy atom. The highest BCUT2D eigenvalue weighted by molar-refractivity contribution is 5.94. The molecule has 0 spiro atoms. The van der Waals surface area contributed by atoms with Crippen LogP contribution in [0.15, 0.2) is 42.6 Å². The number of nitrogens with one attached hydrogen (secondary N) is 1. The van der Waals surface area contributed by atoms with Crippen molar-refractivity contribution in [3.8, 4) is 5.75 Å². The predicted molar refractivity (Wildman–Crippen MR) is 109 cm³/mol. The smallest absolute Gasteiger partial charge is 0.265 e. The van der Waals surface area contributed by atoms with Crippen LogP contribution < -0.4 is 15.0 Å². The number of carbonyl (C=O) groups is 2. The van der Waals surface area contributed by atoms with Crippen LogP contribution >= 0.6 is 0 Å². The number of hydrogen-bond donors (Lipinski definition) is 1. The summed E-state index contributed by atoms with van der Waals surface area (Å²) in [7, 11) is 2.12. The van der Waals surface area contributed by atoms with E-state index in [1.54, 1.807) is 37.4 Å². The van der Waals surface area contributed by atoms with Crippen molar-refractivity contribution >= 4 is 23.2 Å². The molecule has 0 saturated carbocycles. The fourth-order valence-electron chi connectivity index (χ4n) is 2.95. The summed E-state index contributed by atoms with van der Waals surface area (Å²) in [5.41, 5.74) is 1.24. The minimum absolute atomic E-state index is 0.00939. The molecule has 2 heterocycles. The minimum Gasteiger partial charge on any atom is -0.481 e. The molecular formula is C21H26N4O3. The van der Waals surface area contributed by atoms with Gasteiger partial charge in [-0.2, -0.15) is 0 Å². The standard InChI is InChI=1S/C21H26N4O3/c1-15(26)17-4-7-19(8-5-17)28-16(2)21(27)23-18-6-9-20(22-14-18)25-12-10-24(3)11-13-25/h4-9,14,16H,10-13H2,1-3H3,(H,23,27). The Kier molecular flexibility index (Phi) is 6.26. The molecule has 1 amide bonds. The first-order chi connectivity index (χ1) is 13.4. The van der Waals surface area contributed by atoms with Crippen molar-refractivity contribution in [2.24, 2.45) is 0 Å². The van der Waals surface area contributed by atoms with Gasteiger partial charge in [-0.15, -0.1) is 0 Å². The number of Topliss-reactive ketones (excluding diaryl/α,β-unsaturated/α-hetero) is 1. The molecule has 7 nitrogen and oxygen atoms in total. The summed E-state index contributed by atoms with van der Waals surface area (Å²) in [5.74, 6) is 1.19. The molecule has 1 N–H and O–H groups in total. The van der Waals surface area contributed by atoms with Crippen molar-refractivity contribution in [1.29, 1.82) is 0 Å². The number of anilines is 2. The summed E-state index contributed by atoms with van der Waals surface area (Å²) in [5, 5.41) is 2.82. The Morgan fingerprint density at radius 3 is 2.32 bits per heavy atom. The van der Waals surface area contributed by atoms with Crippen LogP contribution in [0, 0.1) is 0 Å². The Morgan fingerprint density at radius 1 is 1.07 bits per heavy atom. The third-order valence-electron chi connectivity index (χ3n) is 4.79. The van der Waals surface area contributed by atoms with E-state index in [-0.39, 0.29) is 11.7 Å². The van der Waals surface area contributed by atoms with Gasteiger partial charge in [-0.05, 0) is 57.3 Å². The lowest BCUT2D eigenvalue weighted by molar-refractivity contribution is -0.122. The van der Waals surface area contributed by atoms with E-state index in [0.717, 1.165) is 32.0 Å². The van der Waals surface area contributed by atoms with E-state index in [1.807, 2.05) is 12.1 Å². The zero-order chi connectivity index (χ0) is 20.1. The molecule has 1 saturated heterocycles. The Bertz CT molecular complexity index is 813. The van der Waals surface area contributed by atoms with Crippen LogP contribution in [0.25, 0.3) is 0 Å². The summed E-state index contributed by atoms with van der Waals surface area (Å²) in [4.78, 5) is 32.7. The number of rotatable bonds is 6. The molecule has 1 aromatic heterocycles. The first-order valence-electron chi connectivity index (χ1n) is 9.40. The summed E-state index contributed by atoms with van der Waals surface area (Å²) in [6.45, 7) is 7.12. The number of carbonyl (C=O) groups excluding carboxylic acids is 2. The lowest BCUT2D eigenvalue weighted by Crippen LogP contribution is -2.44. The summed E-state index contributed by atoms with van der Waals surface area (Å²) >= 11 is 0. The maximum Gasteiger partial charge on any atom is 0.265 e. The molecule has 0 radical (unpaired) electrons. The Balaban J connectivity index is 1.54. The normalized spacial score (nSPS) is 15.8. The molecule has 1 fully saturated rings. The van der Waals surface area contributed by atoms with Crippen molar-refractivity contribution < 1.29 is 14.3 Å². The average molecular weight is 382 g/mol. The molecule has 1 aliphatic heterocycles. The van der Waals surface area contributed by atoms with Crippen LogP contribution in [-0.2, 0) is 4.79 Å². The maximum absolute atomic E-state index is 12.4. The van der Waals surface area contributed by atoms with Gasteiger partial charge in [0.05, 0.1) is 11.9 Å². The predicted octanol–water partition coefficient (Wildman–Crippen LogP) is 2.44. The second kappa shape index (κ2) is 8.84. The molecule has 1 aliphatic rings. The van der Waals surface area contributed by atoms with Crippen molar-refractivity contribution in [3.63, 3.8) is 0 Å². The fraction of sp³-hybridized carbons (Fsp3) is 0.381. The third-order valence-corrected chi connectivity index (χ3v) is 4.79. The maximum atomic E-state index is 12.4. The number of ether oxygens (including phenoxy) is 1. The van der Waals surface area contributed by atoms with E-state index in [4.69, 9.17) is 4.74 Å². The monoisotopic (exact) mass is 382 g/mol. The van der Waals surface area contributed by atoms with Gasteiger partial charge in [-0.1, -0.05) is 0 Å². The van der Waals surface area contributed by atoms with Gasteiger partial charge in [-0.25, -0.2) is 4.98 Å². The zero-order valence-electron chi connectivity index (χ0n) is 16.5. The van der Waals surface area contributed by atoms with Crippen molar-refractivity contribution in [3.05, 3.63) is 48.2 Å². The second-order valence-corrected chi connectivity index (χ2v) is 7.03. The second-order valence-electron chi connectivity index (χ2n) is 7.03. The van der Waals surface area contributed by atoms with Gasteiger partial charge in [0.15, 0.2) is 11.9 Å². The van der Waals surface area contributed by atoms with E-state index in [2.05, 4.69) is 27.1 Å². The fourth-order valence-corrected chi connectivity index (χ4v) is 2.95. The number of piperazine rings is 1. The highest BCUT2D eigenvalue weighted by atomic mass is 16.5. The van der Waals surface area contributed by atoms with E-state index in [1.165, 1.54) is 6.92 Å². The Hall–Kier alpha value is -2.93. The number of amides is 1. The number of ketones is 1. The number of pyridine rings is 1. The zero-order valence-corrected chi connectivity index (χ0v) is 16.5. The minimum atomic E-state index is -0.680. The quantitative estimate of drug-likeness (QED) is 0.774. The van der Waals surface area contributed by atoms with Crippen LogP contribution in [0.5, 0.6) is 5.75 Å². The van der Waals surface area contributed by atoms with E-state index in [0.29, 0.717) is 17.0 Å². The van der Waals surface area contributed by atoms with Crippen molar-refractivity contribution in [2.75, 3.05) is 43.4 Å². The molecule has 1 atom stereocenters. The van der Waals surface area contributed by atoms with Crippen LogP contribution in [0.2, 0.25) is 0 Å². The van der Waals surface area contributed by atoms with E-state index < -0.39 is 6.10 Å². The average Bonchev–Trinajstić information content (AvgIpc) is 2.69. The molecule has 7 heteroatoms. The van der Waals surface area contributed by atoms with Crippen LogP contribution in [0.3, 0.4) is 0 Å². The number of nitrogens with zero attached hydrogens (tertiary/aromatic N) is 3. The summed E-state index contributed by atoms with van der Waals surface area (Å²) < 4.78 is 5.66. The molecule has 1 aromatic carbocycles. The van der Waals surface area contributed by atoms with Gasteiger partial charge in [0.2, 0.25) is 0 Å². The number of aromatic nitrogens is 1. The molecule has 0 aliphatic carbocycles. The summed E-state index contributed by atoms with van der Waals surface area (Å²) in [6.07, 6.45) is 0.986. The molecular weight excluding hydrogens is 356 g/mol. The molecule has 3 rings (SSSR count). The van der Waals surface area contributed by atoms with E-state index >= 15 is 0 Å². The van der Waals surface area contributed by atoms with Crippen LogP contribution in [0.1, 0.15) is 24.2 Å². The molecule has 1 unspecified atom stereocenters. The van der Waals surface area contributed by atoms with Gasteiger partial charge in [0, 0.05) is 31.7 Å². The highest BCUT2D eigenvalue weighted by Gasteiger charge is 2.17. The lowest BCUT2D eigenvalue weighted by Gasteiger charge is -2.33. The van der Waals surface area contributed by atoms with Crippen molar-refractivity contribution in [1.82, 2.24) is 9.88 Å². The first kappa shape index (κ1) is 19.8. The van der Waals surface area contributed by atoms with Crippen molar-refractivity contribution in [2.45, 2.75) is 20.0 Å². The third kappa shape index (κ3) is 5.07. The number of benzene rings is 1. The highest BCUT2D eigenvalue weighted by Crippen LogP contribution is 2.17. The first-order valence-corrected chi connectivity index (χ1v) is 9.40. The van der Waals surface area contributed by atoms with Crippen LogP contribution in [-0.4, -0.2) is 60.9 Å². The van der Waals surface area contributed by atoms with Gasteiger partial charge in [0.25, 0.3) is 5.91 Å². The van der Waals surface area contributed by atoms with Gasteiger partial charge >= 0.3 is 0 Å². The van der Waals surface area contributed by atoms with Gasteiger partial charge in [0.1, 0.15) is 11.6 Å². The summed E-state index contributed by atoms with van der Waals surface area (Å²) in [6, 6.07) is 10.5. The van der Waals surface area contributed by atoms with Gasteiger partial charge in [-0.3, -0.25) is 9.59 Å². The molecule has 0 bridgehead atoms. The van der Waals surface area contributed by atoms with Gasteiger partial charge < -0.3 is 19.9 Å². The SMILES string of the molecule is CC(=O)c1ccc(OC(C)C(=O)Nc2ccc(N3CCN(C)CC3)nc2)cc1. The number of likely N-dealkylation sites (N-methyl/N-ethyl adjacent to an activating group) is 1. The molecule has 2 aromatic rings. The topological polar surface area (TPSA) is 74.8 Å². The largest absolute Gasteiger partial charge is 0.481 e. The lowest BCUT2D eigenvalue weighted by atomic mass is 10.1. The molecule has 148 valence electrons. The van der Waals surface area contributed by atoms with Crippen LogP contribution in [0.4, 0.5) is 11.5 Å². The molecule has 28 heavy (non-hydrogen) atoms.